The molecule has 0 fully saturated rings. The van der Waals surface area contributed by atoms with Gasteiger partial charge < -0.3 is 30.4 Å². The Kier molecular flexibility index (Phi) is 8.55. The molecule has 15 heteroatoms. The van der Waals surface area contributed by atoms with E-state index >= 15 is 0 Å². The molecule has 1 amide bonds. The molecular weight excluding hydrogens is 643 g/mol. The van der Waals surface area contributed by atoms with Crippen molar-refractivity contribution in [2.75, 3.05) is 43.3 Å². The number of likely N-dealkylation sites (N-methyl/N-ethyl adjacent to an activating group) is 1. The van der Waals surface area contributed by atoms with Gasteiger partial charge in [-0.1, -0.05) is 24.3 Å². The van der Waals surface area contributed by atoms with Gasteiger partial charge in [-0.2, -0.15) is 30.5 Å². The number of amides is 1. The number of H-pyrrole nitrogens is 1. The van der Waals surface area contributed by atoms with E-state index in [1.807, 2.05) is 43.5 Å². The first-order chi connectivity index (χ1) is 22.2. The Labute approximate surface area is 274 Å². The van der Waals surface area contributed by atoms with Crippen LogP contribution in [0.5, 0.6) is 5.88 Å². The van der Waals surface area contributed by atoms with Crippen molar-refractivity contribution in [3.63, 3.8) is 0 Å². The molecule has 0 saturated carbocycles. The number of hydrogen-bond acceptors (Lipinski definition) is 12. The van der Waals surface area contributed by atoms with Gasteiger partial charge >= 0.3 is 6.09 Å². The molecule has 1 aromatic carbocycles. The van der Waals surface area contributed by atoms with Crippen LogP contribution in [0.3, 0.4) is 0 Å². The molecule has 0 unspecified atom stereocenters. The monoisotopic (exact) mass is 671 g/mol. The highest BCUT2D eigenvalue weighted by atomic mass is 32.3. The summed E-state index contributed by atoms with van der Waals surface area (Å²) < 4.78 is 11.3. The number of aromatic amines is 1. The molecule has 1 aliphatic rings. The molecule has 0 atom stereocenters. The fourth-order valence-electron chi connectivity index (χ4n) is 4.88. The van der Waals surface area contributed by atoms with Crippen molar-refractivity contribution in [3.8, 4) is 27.8 Å². The van der Waals surface area contributed by atoms with Gasteiger partial charge in [-0.25, -0.2) is 9.78 Å². The Morgan fingerprint density at radius 3 is 2.59 bits per heavy atom. The first-order valence-electron chi connectivity index (χ1n) is 14.0. The van der Waals surface area contributed by atoms with Gasteiger partial charge in [0.15, 0.2) is 5.65 Å². The SMILES string of the molecule is CN(CCOC(=O)NCc1ccc(COc2nc(N)nc3nc[nH]c23)cc1)c1cc2c(s1)-c1sc(C=C(C#N)C#N)cc1S2(C)C. The number of ether oxygens (including phenoxy) is 2. The number of nitrogens with two attached hydrogens (primary N) is 1. The average Bonchev–Trinajstić information content (AvgIpc) is 3.82. The first kappa shape index (κ1) is 30.9. The molecule has 0 bridgehead atoms. The van der Waals surface area contributed by atoms with Crippen molar-refractivity contribution < 1.29 is 14.3 Å². The van der Waals surface area contributed by atoms with Gasteiger partial charge in [-0.3, -0.25) is 0 Å². The number of nitrogen functional groups attached to an aromatic ring is 1. The molecule has 4 aromatic heterocycles. The van der Waals surface area contributed by atoms with E-state index in [0.717, 1.165) is 21.0 Å². The summed E-state index contributed by atoms with van der Waals surface area (Å²) in [5.41, 5.74) is 8.70. The van der Waals surface area contributed by atoms with Crippen LogP contribution >= 0.6 is 32.7 Å². The van der Waals surface area contributed by atoms with E-state index in [2.05, 4.69) is 54.8 Å². The van der Waals surface area contributed by atoms with E-state index in [0.29, 0.717) is 30.1 Å². The van der Waals surface area contributed by atoms with Crippen molar-refractivity contribution in [3.05, 3.63) is 64.3 Å². The zero-order valence-electron chi connectivity index (χ0n) is 25.2. The maximum atomic E-state index is 12.4. The standard InChI is InChI=1S/C31H29N9O3S3/c1-40(24-12-23-27(45-24)26-22(46(23,2)3)11-21(44-26)10-20(13-32)14-33)8-9-42-31(41)35-15-18-4-6-19(7-5-18)16-43-29-25-28(37-17-36-25)38-30(34)39-29/h4-7,10-12,17H,8-9,15-16H2,1-3H3,(H,35,41)(H3,34,36,37,38,39). The van der Waals surface area contributed by atoms with E-state index in [-0.39, 0.29) is 24.7 Å². The summed E-state index contributed by atoms with van der Waals surface area (Å²) in [6, 6.07) is 15.9. The lowest BCUT2D eigenvalue weighted by molar-refractivity contribution is 0.148. The third-order valence-corrected chi connectivity index (χ3v) is 13.0. The van der Waals surface area contributed by atoms with Crippen LogP contribution in [0.2, 0.25) is 0 Å². The van der Waals surface area contributed by atoms with Crippen LogP contribution in [0.1, 0.15) is 16.0 Å². The van der Waals surface area contributed by atoms with Crippen molar-refractivity contribution in [1.82, 2.24) is 25.3 Å². The summed E-state index contributed by atoms with van der Waals surface area (Å²) in [5.74, 6) is 0.421. The Hall–Kier alpha value is -5.09. The van der Waals surface area contributed by atoms with Crippen LogP contribution in [0.25, 0.3) is 27.0 Å². The number of nitrogens with zero attached hydrogens (tertiary/aromatic N) is 6. The number of nitriles is 2. The number of allylic oxidation sites excluding steroid dienone is 1. The van der Waals surface area contributed by atoms with Crippen molar-refractivity contribution in [1.29, 1.82) is 10.5 Å². The second-order valence-corrected chi connectivity index (χ2v) is 16.4. The first-order valence-corrected chi connectivity index (χ1v) is 18.1. The van der Waals surface area contributed by atoms with E-state index in [4.69, 9.17) is 25.7 Å². The Morgan fingerprint density at radius 1 is 1.11 bits per heavy atom. The molecule has 0 radical (unpaired) electrons. The summed E-state index contributed by atoms with van der Waals surface area (Å²) in [6.45, 7) is 1.38. The number of carbonyl (C=O) groups is 1. The molecule has 12 nitrogen and oxygen atoms in total. The fourth-order valence-corrected chi connectivity index (χ4v) is 11.1. The van der Waals surface area contributed by atoms with Gasteiger partial charge in [0.1, 0.15) is 36.4 Å². The zero-order chi connectivity index (χ0) is 32.4. The van der Waals surface area contributed by atoms with Crippen LogP contribution in [-0.4, -0.2) is 58.7 Å². The largest absolute Gasteiger partial charge is 0.471 e. The molecule has 0 saturated heterocycles. The number of anilines is 2. The molecule has 1 aliphatic heterocycles. The van der Waals surface area contributed by atoms with Crippen LogP contribution < -0.4 is 20.7 Å². The topological polar surface area (TPSA) is 179 Å². The minimum absolute atomic E-state index is 0.0879. The number of rotatable bonds is 10. The third kappa shape index (κ3) is 6.21. The predicted octanol–water partition coefficient (Wildman–Crippen LogP) is 5.89. The van der Waals surface area contributed by atoms with Gasteiger partial charge in [0.05, 0.1) is 27.6 Å². The highest BCUT2D eigenvalue weighted by Gasteiger charge is 2.36. The molecule has 46 heavy (non-hydrogen) atoms. The molecule has 5 heterocycles. The van der Waals surface area contributed by atoms with E-state index in [1.54, 1.807) is 28.7 Å². The summed E-state index contributed by atoms with van der Waals surface area (Å²) in [4.78, 5) is 35.7. The van der Waals surface area contributed by atoms with Gasteiger partial charge in [-0.05, 0) is 41.8 Å². The average molecular weight is 672 g/mol. The van der Waals surface area contributed by atoms with E-state index < -0.39 is 16.1 Å². The highest BCUT2D eigenvalue weighted by molar-refractivity contribution is 8.33. The number of fused-ring (bicyclic) bond motifs is 4. The summed E-state index contributed by atoms with van der Waals surface area (Å²) >= 11 is 3.33. The van der Waals surface area contributed by atoms with Crippen molar-refractivity contribution in [2.45, 2.75) is 22.9 Å². The number of nitrogens with one attached hydrogen (secondary N) is 2. The molecule has 4 N–H and O–H groups in total. The van der Waals surface area contributed by atoms with Crippen LogP contribution in [0.4, 0.5) is 15.7 Å². The van der Waals surface area contributed by atoms with Gasteiger partial charge in [0, 0.05) is 28.3 Å². The number of hydrogen-bond donors (Lipinski definition) is 3. The molecule has 0 spiro atoms. The lowest BCUT2D eigenvalue weighted by Crippen LogP contribution is -2.28. The number of benzene rings is 1. The van der Waals surface area contributed by atoms with E-state index in [1.165, 1.54) is 25.9 Å². The maximum Gasteiger partial charge on any atom is 0.407 e. The van der Waals surface area contributed by atoms with Gasteiger partial charge in [0.25, 0.3) is 0 Å². The smallest absolute Gasteiger partial charge is 0.407 e. The minimum atomic E-state index is -1.22. The molecule has 5 aromatic rings. The van der Waals surface area contributed by atoms with Crippen molar-refractivity contribution in [2.24, 2.45) is 0 Å². The Balaban J connectivity index is 0.976. The van der Waals surface area contributed by atoms with Crippen LogP contribution in [0, 0.1) is 22.7 Å². The third-order valence-electron chi connectivity index (χ3n) is 7.38. The highest BCUT2D eigenvalue weighted by Crippen LogP contribution is 2.71. The van der Waals surface area contributed by atoms with E-state index in [9.17, 15) is 4.79 Å². The quantitative estimate of drug-likeness (QED) is 0.152. The number of imidazole rings is 1. The lowest BCUT2D eigenvalue weighted by Gasteiger charge is -2.26. The molecule has 234 valence electrons. The second kappa shape index (κ2) is 12.7. The summed E-state index contributed by atoms with van der Waals surface area (Å²) in [6.07, 6.45) is 7.23. The molecule has 6 rings (SSSR count). The summed E-state index contributed by atoms with van der Waals surface area (Å²) in [5, 5.41) is 22.2. The predicted molar refractivity (Wildman–Crippen MR) is 181 cm³/mol. The number of aromatic nitrogens is 4. The van der Waals surface area contributed by atoms with Crippen LogP contribution in [0.15, 0.2) is 58.1 Å². The lowest BCUT2D eigenvalue weighted by atomic mass is 10.1. The fraction of sp³-hybridized carbons (Fsp3) is 0.226. The molecular formula is C31H29N9O3S3. The summed E-state index contributed by atoms with van der Waals surface area (Å²) in [7, 11) is 0.772. The van der Waals surface area contributed by atoms with Gasteiger partial charge in [-0.15, -0.1) is 22.7 Å². The minimum Gasteiger partial charge on any atom is -0.471 e. The Bertz CT molecular complexity index is 2030. The van der Waals surface area contributed by atoms with Crippen molar-refractivity contribution >= 4 is 67.0 Å². The second-order valence-electron chi connectivity index (χ2n) is 10.7. The Morgan fingerprint density at radius 2 is 1.83 bits per heavy atom. The number of carbonyl (C=O) groups excluding carboxylic acids is 1. The van der Waals surface area contributed by atoms with Gasteiger partial charge in [0.2, 0.25) is 11.8 Å². The number of thiophene rings is 2. The zero-order valence-corrected chi connectivity index (χ0v) is 27.6. The number of alkyl carbamates (subject to hydrolysis) is 1. The maximum absolute atomic E-state index is 12.4. The normalized spacial score (nSPS) is 13.2. The van der Waals surface area contributed by atoms with Crippen LogP contribution in [-0.2, 0) is 17.9 Å². The molecule has 0 aliphatic carbocycles.